The van der Waals surface area contributed by atoms with Crippen LogP contribution in [0.5, 0.6) is 5.88 Å². The third-order valence-electron chi connectivity index (χ3n) is 3.65. The number of aromatic nitrogens is 4. The monoisotopic (exact) mass is 313 g/mol. The van der Waals surface area contributed by atoms with Crippen LogP contribution in [0.2, 0.25) is 0 Å². The minimum Gasteiger partial charge on any atom is -0.480 e. The normalized spacial score (nSPS) is 10.8. The first-order valence-corrected chi connectivity index (χ1v) is 7.24. The van der Waals surface area contributed by atoms with Crippen LogP contribution in [0.3, 0.4) is 0 Å². The highest BCUT2D eigenvalue weighted by Gasteiger charge is 2.15. The van der Waals surface area contributed by atoms with E-state index in [2.05, 4.69) is 20.6 Å². The summed E-state index contributed by atoms with van der Waals surface area (Å²) in [6.07, 6.45) is 3.67. The molecule has 0 aliphatic carbocycles. The van der Waals surface area contributed by atoms with E-state index in [0.717, 1.165) is 39.6 Å². The molecule has 3 rings (SSSR count). The summed E-state index contributed by atoms with van der Waals surface area (Å²) >= 11 is 0. The zero-order valence-electron chi connectivity index (χ0n) is 13.8. The van der Waals surface area contributed by atoms with E-state index >= 15 is 0 Å². The highest BCUT2D eigenvalue weighted by Crippen LogP contribution is 2.33. The summed E-state index contributed by atoms with van der Waals surface area (Å²) in [4.78, 5) is 4.39. The summed E-state index contributed by atoms with van der Waals surface area (Å²) in [5.41, 5.74) is 5.28. The molecule has 23 heavy (non-hydrogen) atoms. The van der Waals surface area contributed by atoms with Crippen LogP contribution in [0.1, 0.15) is 17.1 Å². The number of nitrogens with zero attached hydrogens (tertiary/aromatic N) is 4. The molecule has 0 atom stereocenters. The second-order valence-electron chi connectivity index (χ2n) is 5.41. The van der Waals surface area contributed by atoms with Gasteiger partial charge in [0.25, 0.3) is 0 Å². The van der Waals surface area contributed by atoms with Gasteiger partial charge >= 0.3 is 0 Å². The van der Waals surface area contributed by atoms with Gasteiger partial charge in [0.05, 0.1) is 24.2 Å². The van der Waals surface area contributed by atoms with Gasteiger partial charge < -0.3 is 14.6 Å². The summed E-state index contributed by atoms with van der Waals surface area (Å²) in [5, 5.41) is 11.7. The maximum atomic E-state index is 5.36. The molecule has 3 heterocycles. The first-order chi connectivity index (χ1) is 11.0. The van der Waals surface area contributed by atoms with Gasteiger partial charge in [-0.1, -0.05) is 5.16 Å². The van der Waals surface area contributed by atoms with Crippen molar-refractivity contribution in [1.29, 1.82) is 0 Å². The molecule has 7 nitrogen and oxygen atoms in total. The lowest BCUT2D eigenvalue weighted by Crippen LogP contribution is -1.98. The lowest BCUT2D eigenvalue weighted by Gasteiger charge is -2.11. The average Bonchev–Trinajstić information content (AvgIpc) is 3.01. The summed E-state index contributed by atoms with van der Waals surface area (Å²) in [6, 6.07) is 1.98. The predicted octanol–water partition coefficient (Wildman–Crippen LogP) is 3.15. The van der Waals surface area contributed by atoms with Gasteiger partial charge in [-0.15, -0.1) is 0 Å². The van der Waals surface area contributed by atoms with Crippen LogP contribution in [0.25, 0.3) is 11.1 Å². The van der Waals surface area contributed by atoms with Gasteiger partial charge in [0.2, 0.25) is 5.88 Å². The molecule has 1 N–H and O–H groups in total. The average molecular weight is 313 g/mol. The molecule has 120 valence electrons. The highest BCUT2D eigenvalue weighted by atomic mass is 16.5. The van der Waals surface area contributed by atoms with Crippen molar-refractivity contribution in [3.63, 3.8) is 0 Å². The fraction of sp³-hybridized carbons (Fsp3) is 0.312. The number of pyridine rings is 1. The minimum atomic E-state index is 0.517. The van der Waals surface area contributed by atoms with E-state index in [1.807, 2.05) is 40.1 Å². The molecule has 0 aromatic carbocycles. The lowest BCUT2D eigenvalue weighted by atomic mass is 10.1. The third-order valence-corrected chi connectivity index (χ3v) is 3.65. The number of hydrogen-bond donors (Lipinski definition) is 1. The van der Waals surface area contributed by atoms with Gasteiger partial charge in [-0.05, 0) is 26.8 Å². The van der Waals surface area contributed by atoms with Crippen molar-refractivity contribution in [1.82, 2.24) is 19.9 Å². The molecule has 0 bridgehead atoms. The van der Waals surface area contributed by atoms with Crippen LogP contribution >= 0.6 is 0 Å². The van der Waals surface area contributed by atoms with E-state index in [4.69, 9.17) is 9.26 Å². The molecule has 0 fully saturated rings. The Bertz CT molecular complexity index is 831. The Balaban J connectivity index is 2.05. The van der Waals surface area contributed by atoms with Gasteiger partial charge in [0, 0.05) is 30.6 Å². The van der Waals surface area contributed by atoms with E-state index in [0.29, 0.717) is 5.88 Å². The molecule has 0 aliphatic heterocycles. The Morgan fingerprint density at radius 3 is 2.52 bits per heavy atom. The molecule has 0 amide bonds. The summed E-state index contributed by atoms with van der Waals surface area (Å²) < 4.78 is 12.4. The predicted molar refractivity (Wildman–Crippen MR) is 87.0 cm³/mol. The van der Waals surface area contributed by atoms with E-state index < -0.39 is 0 Å². The van der Waals surface area contributed by atoms with Crippen LogP contribution in [0, 0.1) is 20.8 Å². The fourth-order valence-electron chi connectivity index (χ4n) is 2.60. The van der Waals surface area contributed by atoms with Gasteiger partial charge in [-0.2, -0.15) is 5.10 Å². The first-order valence-electron chi connectivity index (χ1n) is 7.24. The molecule has 3 aromatic rings. The molecule has 0 saturated carbocycles. The van der Waals surface area contributed by atoms with Crippen LogP contribution in [-0.2, 0) is 7.05 Å². The Hall–Kier alpha value is -2.83. The van der Waals surface area contributed by atoms with Crippen molar-refractivity contribution in [2.75, 3.05) is 12.4 Å². The Morgan fingerprint density at radius 1 is 1.17 bits per heavy atom. The molecular weight excluding hydrogens is 294 g/mol. The van der Waals surface area contributed by atoms with Crippen molar-refractivity contribution in [3.05, 3.63) is 35.6 Å². The first kappa shape index (κ1) is 15.1. The summed E-state index contributed by atoms with van der Waals surface area (Å²) in [6.45, 7) is 5.74. The quantitative estimate of drug-likeness (QED) is 0.797. The second kappa shape index (κ2) is 5.75. The lowest BCUT2D eigenvalue weighted by molar-refractivity contribution is 0.393. The second-order valence-corrected chi connectivity index (χ2v) is 5.41. The molecule has 3 aromatic heterocycles. The fourth-order valence-corrected chi connectivity index (χ4v) is 2.60. The maximum absolute atomic E-state index is 5.36. The number of aryl methyl sites for hydroxylation is 4. The van der Waals surface area contributed by atoms with Crippen molar-refractivity contribution in [2.24, 2.45) is 7.05 Å². The van der Waals surface area contributed by atoms with Crippen LogP contribution in [0.15, 0.2) is 23.0 Å². The zero-order chi connectivity index (χ0) is 16.6. The standard InChI is InChI=1S/C16H19N5O2/c1-9-14(8-21(4)19-9)18-13-6-12(7-17-16(13)22-5)15-10(2)20-23-11(15)3/h6-8,18H,1-5H3. The van der Waals surface area contributed by atoms with Crippen molar-refractivity contribution >= 4 is 11.4 Å². The molecule has 7 heteroatoms. The molecule has 0 saturated heterocycles. The SMILES string of the molecule is COc1ncc(-c2c(C)noc2C)cc1Nc1cn(C)nc1C. The third kappa shape index (κ3) is 2.77. The van der Waals surface area contributed by atoms with Crippen LogP contribution < -0.4 is 10.1 Å². The molecule has 0 radical (unpaired) electrons. The minimum absolute atomic E-state index is 0.517. The van der Waals surface area contributed by atoms with Crippen LogP contribution in [-0.4, -0.2) is 27.0 Å². The number of methoxy groups -OCH3 is 1. The topological polar surface area (TPSA) is 78.0 Å². The van der Waals surface area contributed by atoms with Crippen molar-refractivity contribution in [3.8, 4) is 17.0 Å². The molecule has 0 aliphatic rings. The number of rotatable bonds is 4. The van der Waals surface area contributed by atoms with Gasteiger partial charge in [-0.25, -0.2) is 4.98 Å². The summed E-state index contributed by atoms with van der Waals surface area (Å²) in [7, 11) is 3.48. The zero-order valence-corrected chi connectivity index (χ0v) is 13.8. The van der Waals surface area contributed by atoms with Gasteiger partial charge in [-0.3, -0.25) is 4.68 Å². The number of anilines is 2. The number of hydrogen-bond acceptors (Lipinski definition) is 6. The van der Waals surface area contributed by atoms with Crippen molar-refractivity contribution in [2.45, 2.75) is 20.8 Å². The maximum Gasteiger partial charge on any atom is 0.237 e. The molecular formula is C16H19N5O2. The van der Waals surface area contributed by atoms with Crippen LogP contribution in [0.4, 0.5) is 11.4 Å². The Morgan fingerprint density at radius 2 is 1.96 bits per heavy atom. The van der Waals surface area contributed by atoms with E-state index in [-0.39, 0.29) is 0 Å². The Labute approximate surface area is 134 Å². The largest absolute Gasteiger partial charge is 0.480 e. The number of ether oxygens (including phenoxy) is 1. The van der Waals surface area contributed by atoms with Crippen molar-refractivity contribution < 1.29 is 9.26 Å². The highest BCUT2D eigenvalue weighted by molar-refractivity contribution is 5.75. The van der Waals surface area contributed by atoms with E-state index in [1.54, 1.807) is 18.0 Å². The van der Waals surface area contributed by atoms with Gasteiger partial charge in [0.15, 0.2) is 0 Å². The van der Waals surface area contributed by atoms with Gasteiger partial charge in [0.1, 0.15) is 11.4 Å². The smallest absolute Gasteiger partial charge is 0.237 e. The van der Waals surface area contributed by atoms with E-state index in [9.17, 15) is 0 Å². The Kier molecular flexibility index (Phi) is 3.77. The molecule has 0 spiro atoms. The summed E-state index contributed by atoms with van der Waals surface area (Å²) in [5.74, 6) is 1.28. The number of nitrogens with one attached hydrogen (secondary N) is 1. The molecule has 0 unspecified atom stereocenters. The van der Waals surface area contributed by atoms with E-state index in [1.165, 1.54) is 0 Å².